The van der Waals surface area contributed by atoms with E-state index in [1.54, 1.807) is 12.1 Å². The molecule has 0 saturated carbocycles. The van der Waals surface area contributed by atoms with E-state index in [-0.39, 0.29) is 0 Å². The van der Waals surface area contributed by atoms with Gasteiger partial charge in [0.2, 0.25) is 0 Å². The highest BCUT2D eigenvalue weighted by Gasteiger charge is 2.06. The fourth-order valence-corrected chi connectivity index (χ4v) is 2.39. The monoisotopic (exact) mass is 283 g/mol. The number of aromatic nitrogens is 1. The molecule has 4 N–H and O–H groups in total. The van der Waals surface area contributed by atoms with E-state index in [0.29, 0.717) is 16.8 Å². The van der Waals surface area contributed by atoms with Crippen LogP contribution in [0.4, 0.5) is 11.4 Å². The zero-order valence-electron chi connectivity index (χ0n) is 11.8. The number of nitrogens with two attached hydrogens (primary N) is 1. The Hall–Kier alpha value is -2.69. The molecule has 0 radical (unpaired) electrons. The largest absolute Gasteiger partial charge is 0.417 e. The summed E-state index contributed by atoms with van der Waals surface area (Å²) in [6.45, 7) is 2.87. The van der Waals surface area contributed by atoms with Gasteiger partial charge in [-0.05, 0) is 30.5 Å². The van der Waals surface area contributed by atoms with E-state index in [1.807, 2.05) is 12.1 Å². The third kappa shape index (κ3) is 2.76. The Morgan fingerprint density at radius 2 is 2.10 bits per heavy atom. The van der Waals surface area contributed by atoms with Crippen LogP contribution in [0.5, 0.6) is 0 Å². The molecular weight excluding hydrogens is 266 g/mol. The maximum Gasteiger partial charge on any atom is 0.417 e. The average Bonchev–Trinajstić information content (AvgIpc) is 2.80. The molecule has 2 aromatic carbocycles. The minimum Gasteiger partial charge on any atom is -0.408 e. The first-order valence-corrected chi connectivity index (χ1v) is 6.84. The predicted molar refractivity (Wildman–Crippen MR) is 84.6 cm³/mol. The van der Waals surface area contributed by atoms with E-state index in [2.05, 4.69) is 29.4 Å². The summed E-state index contributed by atoms with van der Waals surface area (Å²) >= 11 is 0. The van der Waals surface area contributed by atoms with E-state index in [1.165, 1.54) is 11.1 Å². The molecule has 0 unspecified atom stereocenters. The molecule has 0 atom stereocenters. The van der Waals surface area contributed by atoms with Gasteiger partial charge >= 0.3 is 5.76 Å². The van der Waals surface area contributed by atoms with Crippen molar-refractivity contribution in [3.8, 4) is 0 Å². The first-order valence-electron chi connectivity index (χ1n) is 6.84. The number of anilines is 2. The van der Waals surface area contributed by atoms with Crippen molar-refractivity contribution in [2.24, 2.45) is 0 Å². The van der Waals surface area contributed by atoms with E-state index >= 15 is 0 Å². The zero-order valence-corrected chi connectivity index (χ0v) is 11.8. The van der Waals surface area contributed by atoms with Gasteiger partial charge in [0.1, 0.15) is 0 Å². The minimum atomic E-state index is -0.471. The number of fused-ring (bicyclic) bond motifs is 1. The SMILES string of the molecule is Cc1ccccc1CCNc1cc2[nH]c(=O)oc2cc1N. The number of hydrogen-bond acceptors (Lipinski definition) is 4. The first kappa shape index (κ1) is 13.3. The molecule has 0 aliphatic rings. The van der Waals surface area contributed by atoms with Gasteiger partial charge in [0.25, 0.3) is 0 Å². The smallest absolute Gasteiger partial charge is 0.408 e. The lowest BCUT2D eigenvalue weighted by Gasteiger charge is -2.10. The predicted octanol–water partition coefficient (Wildman–Crippen LogP) is 2.67. The van der Waals surface area contributed by atoms with Gasteiger partial charge in [-0.15, -0.1) is 0 Å². The summed E-state index contributed by atoms with van der Waals surface area (Å²) in [5.74, 6) is -0.471. The summed E-state index contributed by atoms with van der Waals surface area (Å²) in [6, 6.07) is 11.8. The van der Waals surface area contributed by atoms with Gasteiger partial charge in [0.15, 0.2) is 5.58 Å². The lowest BCUT2D eigenvalue weighted by molar-refractivity contribution is 0.555. The number of benzene rings is 2. The van der Waals surface area contributed by atoms with Crippen LogP contribution in [0.3, 0.4) is 0 Å². The fourth-order valence-electron chi connectivity index (χ4n) is 2.39. The van der Waals surface area contributed by atoms with Crippen LogP contribution in [0, 0.1) is 6.92 Å². The number of aromatic amines is 1. The molecular formula is C16H17N3O2. The van der Waals surface area contributed by atoms with Crippen LogP contribution < -0.4 is 16.8 Å². The molecule has 0 amide bonds. The lowest BCUT2D eigenvalue weighted by Crippen LogP contribution is -2.07. The van der Waals surface area contributed by atoms with Gasteiger partial charge in [0, 0.05) is 12.6 Å². The lowest BCUT2D eigenvalue weighted by atomic mass is 10.1. The summed E-state index contributed by atoms with van der Waals surface area (Å²) in [4.78, 5) is 13.8. The second-order valence-electron chi connectivity index (χ2n) is 5.05. The van der Waals surface area contributed by atoms with Crippen molar-refractivity contribution >= 4 is 22.5 Å². The Morgan fingerprint density at radius 3 is 2.90 bits per heavy atom. The number of nitrogen functional groups attached to an aromatic ring is 1. The van der Waals surface area contributed by atoms with Crippen LogP contribution in [0.2, 0.25) is 0 Å². The first-order chi connectivity index (χ1) is 10.1. The Bertz CT molecular complexity index is 833. The van der Waals surface area contributed by atoms with Gasteiger partial charge in [-0.3, -0.25) is 4.98 Å². The summed E-state index contributed by atoms with van der Waals surface area (Å²) in [7, 11) is 0. The number of nitrogens with one attached hydrogen (secondary N) is 2. The Morgan fingerprint density at radius 1 is 1.29 bits per heavy atom. The highest BCUT2D eigenvalue weighted by atomic mass is 16.4. The quantitative estimate of drug-likeness (QED) is 0.643. The molecule has 0 fully saturated rings. The Labute approximate surface area is 121 Å². The highest BCUT2D eigenvalue weighted by Crippen LogP contribution is 2.24. The second kappa shape index (κ2) is 5.36. The van der Waals surface area contributed by atoms with E-state index < -0.39 is 5.76 Å². The van der Waals surface area contributed by atoms with Crippen LogP contribution in [0.25, 0.3) is 11.1 Å². The van der Waals surface area contributed by atoms with E-state index in [0.717, 1.165) is 18.7 Å². The molecule has 0 bridgehead atoms. The third-order valence-corrected chi connectivity index (χ3v) is 3.56. The maximum absolute atomic E-state index is 11.2. The van der Waals surface area contributed by atoms with Crippen molar-refractivity contribution < 1.29 is 4.42 Å². The summed E-state index contributed by atoms with van der Waals surface area (Å²) < 4.78 is 4.97. The molecule has 21 heavy (non-hydrogen) atoms. The molecule has 5 heteroatoms. The molecule has 108 valence electrons. The normalized spacial score (nSPS) is 10.9. The van der Waals surface area contributed by atoms with Gasteiger partial charge in [-0.2, -0.15) is 0 Å². The minimum absolute atomic E-state index is 0.471. The fraction of sp³-hybridized carbons (Fsp3) is 0.188. The molecule has 0 aliphatic heterocycles. The molecule has 3 aromatic rings. The summed E-state index contributed by atoms with van der Waals surface area (Å²) in [6.07, 6.45) is 0.909. The second-order valence-corrected chi connectivity index (χ2v) is 5.05. The molecule has 0 saturated heterocycles. The maximum atomic E-state index is 11.2. The van der Waals surface area contributed by atoms with E-state index in [9.17, 15) is 4.79 Å². The van der Waals surface area contributed by atoms with Crippen molar-refractivity contribution in [3.05, 3.63) is 58.1 Å². The molecule has 0 spiro atoms. The number of rotatable bonds is 4. The van der Waals surface area contributed by atoms with E-state index in [4.69, 9.17) is 10.2 Å². The Kier molecular flexibility index (Phi) is 3.39. The molecule has 0 aliphatic carbocycles. The highest BCUT2D eigenvalue weighted by molar-refractivity contribution is 5.85. The van der Waals surface area contributed by atoms with Crippen LogP contribution >= 0.6 is 0 Å². The van der Waals surface area contributed by atoms with Crippen molar-refractivity contribution in [2.45, 2.75) is 13.3 Å². The Balaban J connectivity index is 1.74. The van der Waals surface area contributed by atoms with Crippen LogP contribution in [0.15, 0.2) is 45.6 Å². The average molecular weight is 283 g/mol. The van der Waals surface area contributed by atoms with Crippen molar-refractivity contribution in [1.29, 1.82) is 0 Å². The number of aryl methyl sites for hydroxylation is 1. The van der Waals surface area contributed by atoms with Crippen LogP contribution in [-0.2, 0) is 6.42 Å². The molecule has 3 rings (SSSR count). The topological polar surface area (TPSA) is 84.0 Å². The zero-order chi connectivity index (χ0) is 14.8. The van der Waals surface area contributed by atoms with Crippen molar-refractivity contribution in [1.82, 2.24) is 4.98 Å². The number of oxazole rings is 1. The van der Waals surface area contributed by atoms with Gasteiger partial charge < -0.3 is 15.5 Å². The van der Waals surface area contributed by atoms with Crippen molar-refractivity contribution in [2.75, 3.05) is 17.6 Å². The molecule has 1 heterocycles. The standard InChI is InChI=1S/C16H17N3O2/c1-10-4-2-3-5-11(10)6-7-18-13-9-14-15(8-12(13)17)21-16(20)19-14/h2-5,8-9,18H,6-7,17H2,1H3,(H,19,20). The van der Waals surface area contributed by atoms with Crippen LogP contribution in [-0.4, -0.2) is 11.5 Å². The summed E-state index contributed by atoms with van der Waals surface area (Å²) in [5, 5.41) is 3.30. The molecule has 1 aromatic heterocycles. The van der Waals surface area contributed by atoms with Crippen LogP contribution in [0.1, 0.15) is 11.1 Å². The van der Waals surface area contributed by atoms with Crippen molar-refractivity contribution in [3.63, 3.8) is 0 Å². The van der Waals surface area contributed by atoms with Gasteiger partial charge in [-0.1, -0.05) is 24.3 Å². The summed E-state index contributed by atoms with van der Waals surface area (Å²) in [5.41, 5.74) is 11.0. The number of hydrogen-bond donors (Lipinski definition) is 3. The van der Waals surface area contributed by atoms with Gasteiger partial charge in [0.05, 0.1) is 16.9 Å². The molecule has 5 nitrogen and oxygen atoms in total. The third-order valence-electron chi connectivity index (χ3n) is 3.56. The van der Waals surface area contributed by atoms with Gasteiger partial charge in [-0.25, -0.2) is 4.79 Å². The number of H-pyrrole nitrogens is 1.